The van der Waals surface area contributed by atoms with Gasteiger partial charge >= 0.3 is 5.97 Å². The van der Waals surface area contributed by atoms with Crippen molar-refractivity contribution < 1.29 is 24.2 Å². The van der Waals surface area contributed by atoms with Crippen molar-refractivity contribution in [2.75, 3.05) is 50.8 Å². The number of thiol groups is 1. The summed E-state index contributed by atoms with van der Waals surface area (Å²) in [6.07, 6.45) is 1.69. The number of carbonyl (C=O) groups excluding carboxylic acids is 2. The van der Waals surface area contributed by atoms with E-state index in [1.807, 2.05) is 43.0 Å². The number of carboxylic acids is 1. The van der Waals surface area contributed by atoms with Crippen molar-refractivity contribution in [3.05, 3.63) is 64.7 Å². The Hall–Kier alpha value is -2.59. The number of rotatable bonds is 14. The van der Waals surface area contributed by atoms with Crippen LogP contribution >= 0.6 is 24.2 Å². The lowest BCUT2D eigenvalue weighted by molar-refractivity contribution is -0.137. The molecule has 8 nitrogen and oxygen atoms in total. The van der Waals surface area contributed by atoms with Crippen LogP contribution in [0.3, 0.4) is 0 Å². The molecule has 1 unspecified atom stereocenters. The van der Waals surface area contributed by atoms with Crippen LogP contribution in [-0.4, -0.2) is 89.9 Å². The molecular weight excluding hydrogens is 550 g/mol. The molecule has 0 spiro atoms. The molecule has 1 aliphatic rings. The van der Waals surface area contributed by atoms with Crippen LogP contribution in [0.25, 0.3) is 0 Å². The second-order valence-corrected chi connectivity index (χ2v) is 11.3. The molecule has 40 heavy (non-hydrogen) atoms. The SMILES string of the molecule is CC(C)OCCN(C(=O)C(S)CCCC(=O)O)c1ccc(C(=O)N2CCN(CCc3ccc(Cl)cc3)CC2)cc1. The molecular formula is C30H40ClN3O5S. The molecule has 1 atom stereocenters. The van der Waals surface area contributed by atoms with Gasteiger partial charge in [0.25, 0.3) is 5.91 Å². The Labute approximate surface area is 247 Å². The minimum absolute atomic E-state index is 0.00573. The molecule has 0 bridgehead atoms. The second kappa shape index (κ2) is 16.0. The highest BCUT2D eigenvalue weighted by Crippen LogP contribution is 2.21. The highest BCUT2D eigenvalue weighted by atomic mass is 35.5. The summed E-state index contributed by atoms with van der Waals surface area (Å²) in [6, 6.07) is 15.0. The van der Waals surface area contributed by atoms with E-state index in [1.165, 1.54) is 5.56 Å². The lowest BCUT2D eigenvalue weighted by atomic mass is 10.1. The summed E-state index contributed by atoms with van der Waals surface area (Å²) in [5, 5.41) is 9.01. The predicted octanol–water partition coefficient (Wildman–Crippen LogP) is 4.65. The number of aliphatic carboxylic acids is 1. The van der Waals surface area contributed by atoms with Gasteiger partial charge in [-0.15, -0.1) is 0 Å². The number of piperazine rings is 1. The Bertz CT molecular complexity index is 1110. The van der Waals surface area contributed by atoms with E-state index < -0.39 is 11.2 Å². The maximum Gasteiger partial charge on any atom is 0.303 e. The summed E-state index contributed by atoms with van der Waals surface area (Å²) < 4.78 is 5.67. The van der Waals surface area contributed by atoms with Crippen molar-refractivity contribution in [2.45, 2.75) is 50.9 Å². The number of carbonyl (C=O) groups is 3. The van der Waals surface area contributed by atoms with E-state index in [2.05, 4.69) is 17.5 Å². The number of anilines is 1. The average Bonchev–Trinajstić information content (AvgIpc) is 2.94. The first-order valence-electron chi connectivity index (χ1n) is 13.8. The number of ether oxygens (including phenoxy) is 1. The molecule has 0 saturated carbocycles. The summed E-state index contributed by atoms with van der Waals surface area (Å²) in [7, 11) is 0. The van der Waals surface area contributed by atoms with E-state index in [0.29, 0.717) is 50.3 Å². The summed E-state index contributed by atoms with van der Waals surface area (Å²) in [5.74, 6) is -1.13. The number of nitrogens with zero attached hydrogens (tertiary/aromatic N) is 3. The zero-order valence-electron chi connectivity index (χ0n) is 23.3. The van der Waals surface area contributed by atoms with Gasteiger partial charge in [0.05, 0.1) is 18.0 Å². The Kier molecular flexibility index (Phi) is 12.8. The van der Waals surface area contributed by atoms with Crippen LogP contribution in [0.1, 0.15) is 49.0 Å². The standard InChI is InChI=1S/C30H40ClN3O5S/c1-22(2)39-21-20-34(30(38)27(40)4-3-5-28(35)36)26-12-8-24(9-13-26)29(37)33-18-16-32(17-19-33)15-14-23-6-10-25(31)11-7-23/h6-13,22,27,40H,3-5,14-21H2,1-2H3,(H,35,36). The molecule has 1 fully saturated rings. The average molecular weight is 590 g/mol. The molecule has 0 aromatic heterocycles. The fraction of sp³-hybridized carbons (Fsp3) is 0.500. The van der Waals surface area contributed by atoms with Gasteiger partial charge in [-0.2, -0.15) is 12.6 Å². The molecule has 1 saturated heterocycles. The van der Waals surface area contributed by atoms with Crippen LogP contribution in [0.15, 0.2) is 48.5 Å². The maximum absolute atomic E-state index is 13.2. The molecule has 10 heteroatoms. The van der Waals surface area contributed by atoms with Crippen LogP contribution in [0, 0.1) is 0 Å². The number of halogens is 1. The minimum atomic E-state index is -0.894. The Morgan fingerprint density at radius 2 is 1.68 bits per heavy atom. The molecule has 0 aliphatic carbocycles. The normalized spacial score (nSPS) is 14.8. The summed E-state index contributed by atoms with van der Waals surface area (Å²) in [4.78, 5) is 43.1. The third-order valence-electron chi connectivity index (χ3n) is 6.90. The fourth-order valence-corrected chi connectivity index (χ4v) is 5.02. The van der Waals surface area contributed by atoms with E-state index in [-0.39, 0.29) is 24.3 Å². The highest BCUT2D eigenvalue weighted by Gasteiger charge is 2.25. The zero-order valence-corrected chi connectivity index (χ0v) is 24.9. The largest absolute Gasteiger partial charge is 0.481 e. The predicted molar refractivity (Wildman–Crippen MR) is 162 cm³/mol. The van der Waals surface area contributed by atoms with E-state index >= 15 is 0 Å². The topological polar surface area (TPSA) is 90.4 Å². The summed E-state index contributed by atoms with van der Waals surface area (Å²) in [5.41, 5.74) is 2.47. The van der Waals surface area contributed by atoms with E-state index in [1.54, 1.807) is 29.2 Å². The highest BCUT2D eigenvalue weighted by molar-refractivity contribution is 7.81. The van der Waals surface area contributed by atoms with Gasteiger partial charge in [0.2, 0.25) is 5.91 Å². The lowest BCUT2D eigenvalue weighted by Gasteiger charge is -2.35. The molecule has 2 amide bonds. The number of hydrogen-bond donors (Lipinski definition) is 2. The first-order valence-corrected chi connectivity index (χ1v) is 14.7. The lowest BCUT2D eigenvalue weighted by Crippen LogP contribution is -2.49. The summed E-state index contributed by atoms with van der Waals surface area (Å²) >= 11 is 10.4. The second-order valence-electron chi connectivity index (χ2n) is 10.3. The minimum Gasteiger partial charge on any atom is -0.481 e. The quantitative estimate of drug-likeness (QED) is 0.312. The van der Waals surface area contributed by atoms with Gasteiger partial charge in [-0.1, -0.05) is 23.7 Å². The van der Waals surface area contributed by atoms with Crippen LogP contribution in [0.2, 0.25) is 5.02 Å². The molecule has 1 N–H and O–H groups in total. The Morgan fingerprint density at radius 3 is 2.27 bits per heavy atom. The Balaban J connectivity index is 1.56. The van der Waals surface area contributed by atoms with Gasteiger partial charge in [0.15, 0.2) is 0 Å². The third-order valence-corrected chi connectivity index (χ3v) is 7.63. The zero-order chi connectivity index (χ0) is 29.1. The molecule has 218 valence electrons. The maximum atomic E-state index is 13.2. The van der Waals surface area contributed by atoms with Gasteiger partial charge < -0.3 is 19.6 Å². The molecule has 0 radical (unpaired) electrons. The third kappa shape index (κ3) is 10.1. The number of hydrogen-bond acceptors (Lipinski definition) is 6. The number of amides is 2. The molecule has 2 aromatic rings. The van der Waals surface area contributed by atoms with Crippen molar-refractivity contribution in [1.82, 2.24) is 9.80 Å². The smallest absolute Gasteiger partial charge is 0.303 e. The van der Waals surface area contributed by atoms with Crippen LogP contribution < -0.4 is 4.90 Å². The first kappa shape index (κ1) is 31.9. The van der Waals surface area contributed by atoms with Crippen molar-refractivity contribution in [2.24, 2.45) is 0 Å². The molecule has 2 aromatic carbocycles. The monoisotopic (exact) mass is 589 g/mol. The van der Waals surface area contributed by atoms with Crippen molar-refractivity contribution in [1.29, 1.82) is 0 Å². The van der Waals surface area contributed by atoms with Gasteiger partial charge in [0.1, 0.15) is 0 Å². The molecule has 1 aliphatic heterocycles. The van der Waals surface area contributed by atoms with Crippen LogP contribution in [0.4, 0.5) is 5.69 Å². The van der Waals surface area contributed by atoms with Gasteiger partial charge in [-0.05, 0) is 75.1 Å². The van der Waals surface area contributed by atoms with E-state index in [9.17, 15) is 14.4 Å². The van der Waals surface area contributed by atoms with E-state index in [0.717, 1.165) is 31.1 Å². The molecule has 1 heterocycles. The number of benzene rings is 2. The van der Waals surface area contributed by atoms with Gasteiger partial charge in [-0.3, -0.25) is 19.3 Å². The fourth-order valence-electron chi connectivity index (χ4n) is 4.58. The van der Waals surface area contributed by atoms with Crippen molar-refractivity contribution in [3.8, 4) is 0 Å². The van der Waals surface area contributed by atoms with Crippen LogP contribution in [-0.2, 0) is 20.7 Å². The van der Waals surface area contributed by atoms with Crippen molar-refractivity contribution in [3.63, 3.8) is 0 Å². The number of carboxylic acid groups (broad SMARTS) is 1. The van der Waals surface area contributed by atoms with Gasteiger partial charge in [0, 0.05) is 62.0 Å². The first-order chi connectivity index (χ1) is 19.1. The van der Waals surface area contributed by atoms with Gasteiger partial charge in [-0.25, -0.2) is 0 Å². The summed E-state index contributed by atoms with van der Waals surface area (Å²) in [6.45, 7) is 8.44. The van der Waals surface area contributed by atoms with Crippen LogP contribution in [0.5, 0.6) is 0 Å². The Morgan fingerprint density at radius 1 is 1.02 bits per heavy atom. The van der Waals surface area contributed by atoms with E-state index in [4.69, 9.17) is 21.4 Å². The van der Waals surface area contributed by atoms with Crippen molar-refractivity contribution >= 4 is 47.7 Å². The molecule has 3 rings (SSSR count).